The number of aromatic amines is 1. The molecule has 2 heterocycles. The van der Waals surface area contributed by atoms with Crippen LogP contribution in [-0.2, 0) is 0 Å². The molecule has 0 bridgehead atoms. The smallest absolute Gasteiger partial charge is 0.255 e. The third-order valence-electron chi connectivity index (χ3n) is 4.80. The topological polar surface area (TPSA) is 65.6 Å². The van der Waals surface area contributed by atoms with Gasteiger partial charge in [0.1, 0.15) is 5.75 Å². The number of carbonyl (C=O) groups is 2. The molecule has 1 N–H and O–H groups in total. The summed E-state index contributed by atoms with van der Waals surface area (Å²) in [5.41, 5.74) is 2.35. The number of H-pyrrole nitrogens is 1. The van der Waals surface area contributed by atoms with Crippen LogP contribution < -0.4 is 4.74 Å². The van der Waals surface area contributed by atoms with Gasteiger partial charge in [-0.3, -0.25) is 9.59 Å². The van der Waals surface area contributed by atoms with Crippen molar-refractivity contribution < 1.29 is 14.3 Å². The molecule has 0 saturated carbocycles. The van der Waals surface area contributed by atoms with E-state index in [1.807, 2.05) is 23.1 Å². The Labute approximate surface area is 153 Å². The zero-order valence-electron chi connectivity index (χ0n) is 15.5. The van der Waals surface area contributed by atoms with Gasteiger partial charge in [-0.2, -0.15) is 0 Å². The summed E-state index contributed by atoms with van der Waals surface area (Å²) in [7, 11) is 1.64. The lowest BCUT2D eigenvalue weighted by atomic mass is 9.99. The molecule has 6 heteroatoms. The van der Waals surface area contributed by atoms with E-state index in [2.05, 4.69) is 18.8 Å². The van der Waals surface area contributed by atoms with Crippen LogP contribution in [0.1, 0.15) is 46.0 Å². The Kier molecular flexibility index (Phi) is 5.30. The molecule has 6 nitrogen and oxygen atoms in total. The second-order valence-electron chi connectivity index (χ2n) is 6.80. The van der Waals surface area contributed by atoms with Gasteiger partial charge in [0.25, 0.3) is 11.8 Å². The summed E-state index contributed by atoms with van der Waals surface area (Å²) in [5.74, 6) is 1.08. The van der Waals surface area contributed by atoms with Gasteiger partial charge in [0.15, 0.2) is 0 Å². The Balaban J connectivity index is 1.67. The highest BCUT2D eigenvalue weighted by molar-refractivity contribution is 5.96. The van der Waals surface area contributed by atoms with Gasteiger partial charge in [0.2, 0.25) is 0 Å². The van der Waals surface area contributed by atoms with Crippen LogP contribution >= 0.6 is 0 Å². The van der Waals surface area contributed by atoms with E-state index in [1.165, 1.54) is 0 Å². The van der Waals surface area contributed by atoms with Gasteiger partial charge in [0.05, 0.1) is 12.7 Å². The first-order valence-corrected chi connectivity index (χ1v) is 8.90. The van der Waals surface area contributed by atoms with Crippen LogP contribution in [0.2, 0.25) is 0 Å². The number of ether oxygens (including phenoxy) is 1. The highest BCUT2D eigenvalue weighted by atomic mass is 16.5. The molecule has 0 radical (unpaired) electrons. The van der Waals surface area contributed by atoms with Crippen molar-refractivity contribution in [1.82, 2.24) is 14.8 Å². The molecule has 1 aliphatic heterocycles. The molecule has 1 saturated heterocycles. The van der Waals surface area contributed by atoms with Crippen molar-refractivity contribution in [2.45, 2.75) is 19.8 Å². The van der Waals surface area contributed by atoms with Crippen molar-refractivity contribution in [2.24, 2.45) is 0 Å². The Hall–Kier alpha value is -2.76. The Morgan fingerprint density at radius 3 is 2.12 bits per heavy atom. The number of amides is 2. The Bertz CT molecular complexity index is 776. The van der Waals surface area contributed by atoms with Gasteiger partial charge in [-0.1, -0.05) is 13.8 Å². The third kappa shape index (κ3) is 3.59. The zero-order valence-corrected chi connectivity index (χ0v) is 15.5. The lowest BCUT2D eigenvalue weighted by Gasteiger charge is -2.34. The van der Waals surface area contributed by atoms with Gasteiger partial charge in [-0.15, -0.1) is 0 Å². The highest BCUT2D eigenvalue weighted by Gasteiger charge is 2.26. The largest absolute Gasteiger partial charge is 0.496 e. The van der Waals surface area contributed by atoms with E-state index in [4.69, 9.17) is 4.74 Å². The Morgan fingerprint density at radius 2 is 1.62 bits per heavy atom. The zero-order chi connectivity index (χ0) is 18.7. The summed E-state index contributed by atoms with van der Waals surface area (Å²) in [6.45, 7) is 6.33. The molecule has 0 unspecified atom stereocenters. The monoisotopic (exact) mass is 355 g/mol. The summed E-state index contributed by atoms with van der Waals surface area (Å²) >= 11 is 0. The van der Waals surface area contributed by atoms with Crippen molar-refractivity contribution >= 4 is 11.8 Å². The molecule has 138 valence electrons. The predicted octanol–water partition coefficient (Wildman–Crippen LogP) is 2.74. The number of rotatable bonds is 4. The first kappa shape index (κ1) is 18.0. The molecule has 3 rings (SSSR count). The van der Waals surface area contributed by atoms with Gasteiger partial charge in [0, 0.05) is 44.1 Å². The van der Waals surface area contributed by atoms with Gasteiger partial charge in [-0.25, -0.2) is 0 Å². The maximum Gasteiger partial charge on any atom is 0.255 e. The number of hydrogen-bond acceptors (Lipinski definition) is 3. The van der Waals surface area contributed by atoms with Gasteiger partial charge in [-0.05, 0) is 35.7 Å². The summed E-state index contributed by atoms with van der Waals surface area (Å²) in [6.07, 6.45) is 3.44. The van der Waals surface area contributed by atoms with Gasteiger partial charge >= 0.3 is 0 Å². The molecule has 1 aromatic carbocycles. The van der Waals surface area contributed by atoms with Crippen LogP contribution in [0, 0.1) is 0 Å². The lowest BCUT2D eigenvalue weighted by Crippen LogP contribution is -2.50. The molecule has 26 heavy (non-hydrogen) atoms. The van der Waals surface area contributed by atoms with Crippen LogP contribution in [0.4, 0.5) is 0 Å². The molecule has 0 atom stereocenters. The fourth-order valence-electron chi connectivity index (χ4n) is 3.25. The number of nitrogens with one attached hydrogen (secondary N) is 1. The summed E-state index contributed by atoms with van der Waals surface area (Å²) < 4.78 is 5.39. The molecular formula is C20H25N3O3. The first-order chi connectivity index (χ1) is 12.5. The summed E-state index contributed by atoms with van der Waals surface area (Å²) in [6, 6.07) is 7.35. The van der Waals surface area contributed by atoms with Gasteiger partial charge < -0.3 is 19.5 Å². The standard InChI is InChI=1S/C20H25N3O3/c1-14(2)17-12-15(4-5-18(17)26-3)19(24)22-8-10-23(11-9-22)20(25)16-6-7-21-13-16/h4-7,12-14,21H,8-11H2,1-3H3. The van der Waals surface area contributed by atoms with E-state index in [9.17, 15) is 9.59 Å². The SMILES string of the molecule is COc1ccc(C(=O)N2CCN(C(=O)c3cc[nH]c3)CC2)cc1C(C)C. The van der Waals surface area contributed by atoms with Crippen molar-refractivity contribution in [2.75, 3.05) is 33.3 Å². The molecule has 1 fully saturated rings. The van der Waals surface area contributed by atoms with Crippen molar-refractivity contribution in [3.8, 4) is 5.75 Å². The quantitative estimate of drug-likeness (QED) is 0.917. The van der Waals surface area contributed by atoms with E-state index in [0.29, 0.717) is 37.3 Å². The van der Waals surface area contributed by atoms with Crippen LogP contribution in [0.15, 0.2) is 36.7 Å². The molecule has 0 aliphatic carbocycles. The molecule has 1 aromatic heterocycles. The molecular weight excluding hydrogens is 330 g/mol. The van der Waals surface area contributed by atoms with E-state index >= 15 is 0 Å². The van der Waals surface area contributed by atoms with Crippen molar-refractivity contribution in [1.29, 1.82) is 0 Å². The maximum atomic E-state index is 12.9. The summed E-state index contributed by atoms with van der Waals surface area (Å²) in [4.78, 5) is 31.7. The van der Waals surface area contributed by atoms with Crippen molar-refractivity contribution in [3.63, 3.8) is 0 Å². The second kappa shape index (κ2) is 7.64. The van der Waals surface area contributed by atoms with E-state index in [-0.39, 0.29) is 17.7 Å². The molecule has 2 aromatic rings. The van der Waals surface area contributed by atoms with Crippen LogP contribution in [0.25, 0.3) is 0 Å². The number of carbonyl (C=O) groups excluding carboxylic acids is 2. The number of hydrogen-bond donors (Lipinski definition) is 1. The average Bonchev–Trinajstić information content (AvgIpc) is 3.21. The second-order valence-corrected chi connectivity index (χ2v) is 6.80. The average molecular weight is 355 g/mol. The maximum absolute atomic E-state index is 12.9. The molecule has 0 spiro atoms. The minimum atomic E-state index is 0.00305. The number of benzene rings is 1. The summed E-state index contributed by atoms with van der Waals surface area (Å²) in [5, 5.41) is 0. The fraction of sp³-hybridized carbons (Fsp3) is 0.400. The number of nitrogens with zero attached hydrogens (tertiary/aromatic N) is 2. The Morgan fingerprint density at radius 1 is 1.00 bits per heavy atom. The number of aromatic nitrogens is 1. The van der Waals surface area contributed by atoms with E-state index in [1.54, 1.807) is 30.5 Å². The number of methoxy groups -OCH3 is 1. The van der Waals surface area contributed by atoms with Crippen molar-refractivity contribution in [3.05, 3.63) is 53.3 Å². The molecule has 2 amide bonds. The van der Waals surface area contributed by atoms with E-state index < -0.39 is 0 Å². The highest BCUT2D eigenvalue weighted by Crippen LogP contribution is 2.28. The minimum absolute atomic E-state index is 0.00305. The molecule has 1 aliphatic rings. The van der Waals surface area contributed by atoms with Crippen LogP contribution in [-0.4, -0.2) is 59.9 Å². The fourth-order valence-corrected chi connectivity index (χ4v) is 3.25. The van der Waals surface area contributed by atoms with Crippen LogP contribution in [0.3, 0.4) is 0 Å². The van der Waals surface area contributed by atoms with E-state index in [0.717, 1.165) is 11.3 Å². The first-order valence-electron chi connectivity index (χ1n) is 8.90. The third-order valence-corrected chi connectivity index (χ3v) is 4.80. The van der Waals surface area contributed by atoms with Crippen LogP contribution in [0.5, 0.6) is 5.75 Å². The normalized spacial score (nSPS) is 14.6. The number of piperazine rings is 1. The predicted molar refractivity (Wildman–Crippen MR) is 99.7 cm³/mol. The minimum Gasteiger partial charge on any atom is -0.496 e. The lowest BCUT2D eigenvalue weighted by molar-refractivity contribution is 0.0535.